The summed E-state index contributed by atoms with van der Waals surface area (Å²) < 4.78 is 6.56. The average Bonchev–Trinajstić information content (AvgIpc) is 2.97. The van der Waals surface area contributed by atoms with Crippen LogP contribution in [0.4, 0.5) is 0 Å². The van der Waals surface area contributed by atoms with Gasteiger partial charge in [0.2, 0.25) is 0 Å². The molecule has 6 nitrogen and oxygen atoms in total. The predicted octanol–water partition coefficient (Wildman–Crippen LogP) is 4.37. The van der Waals surface area contributed by atoms with Gasteiger partial charge in [-0.2, -0.15) is 0 Å². The second kappa shape index (κ2) is 7.38. The molecule has 1 fully saturated rings. The predicted molar refractivity (Wildman–Crippen MR) is 94.3 cm³/mol. The first-order chi connectivity index (χ1) is 11.5. The Balaban J connectivity index is 1.86. The first-order valence-corrected chi connectivity index (χ1v) is 8.77. The van der Waals surface area contributed by atoms with Gasteiger partial charge in [-0.3, -0.25) is 10.1 Å². The smallest absolute Gasteiger partial charge is 0.257 e. The van der Waals surface area contributed by atoms with Crippen LogP contribution in [0, 0.1) is 10.1 Å². The Kier molecular flexibility index (Phi) is 5.23. The van der Waals surface area contributed by atoms with E-state index in [1.807, 2.05) is 6.07 Å². The van der Waals surface area contributed by atoms with E-state index in [4.69, 9.17) is 27.9 Å². The minimum Gasteiger partial charge on any atom is -0.482 e. The summed E-state index contributed by atoms with van der Waals surface area (Å²) in [5.74, 6) is 0.502. The lowest BCUT2D eigenvalue weighted by Crippen LogP contribution is -2.35. The van der Waals surface area contributed by atoms with Gasteiger partial charge in [-0.05, 0) is 31.0 Å². The Morgan fingerprint density at radius 1 is 1.46 bits per heavy atom. The summed E-state index contributed by atoms with van der Waals surface area (Å²) in [5.41, 5.74) is 1.18. The summed E-state index contributed by atoms with van der Waals surface area (Å²) in [6.07, 6.45) is 3.61. The first kappa shape index (κ1) is 17.0. The summed E-state index contributed by atoms with van der Waals surface area (Å²) in [7, 11) is 0. The third-order valence-electron chi connectivity index (χ3n) is 3.49. The summed E-state index contributed by atoms with van der Waals surface area (Å²) in [5, 5.41) is 14.1. The van der Waals surface area contributed by atoms with Crippen molar-refractivity contribution in [2.75, 3.05) is 6.54 Å². The molecule has 1 saturated heterocycles. The third kappa shape index (κ3) is 3.98. The minimum absolute atomic E-state index is 0.351. The molecule has 3 heterocycles. The van der Waals surface area contributed by atoms with Crippen molar-refractivity contribution >= 4 is 34.5 Å². The SMILES string of the molecule is O=[N+]([O-])C=C1NCCCC1Oc1cnc(Cl)c(-c2ccc(Cl)s2)c1. The average molecular weight is 386 g/mol. The van der Waals surface area contributed by atoms with Gasteiger partial charge >= 0.3 is 0 Å². The Morgan fingerprint density at radius 3 is 3.00 bits per heavy atom. The number of aromatic nitrogens is 1. The van der Waals surface area contributed by atoms with Gasteiger partial charge < -0.3 is 10.1 Å². The lowest BCUT2D eigenvalue weighted by molar-refractivity contribution is -0.404. The van der Waals surface area contributed by atoms with Gasteiger partial charge in [-0.25, -0.2) is 4.98 Å². The highest BCUT2D eigenvalue weighted by Gasteiger charge is 2.24. The van der Waals surface area contributed by atoms with Gasteiger partial charge in [-0.15, -0.1) is 11.3 Å². The van der Waals surface area contributed by atoms with Crippen LogP contribution in [0.15, 0.2) is 36.3 Å². The van der Waals surface area contributed by atoms with Crippen LogP contribution in [-0.4, -0.2) is 22.6 Å². The summed E-state index contributed by atoms with van der Waals surface area (Å²) in [4.78, 5) is 15.3. The van der Waals surface area contributed by atoms with E-state index in [1.54, 1.807) is 12.1 Å². The number of rotatable bonds is 4. The number of pyridine rings is 1. The highest BCUT2D eigenvalue weighted by molar-refractivity contribution is 7.19. The molecule has 3 rings (SSSR count). The number of piperidine rings is 1. The lowest BCUT2D eigenvalue weighted by atomic mass is 10.1. The molecule has 1 aliphatic heterocycles. The van der Waals surface area contributed by atoms with Gasteiger partial charge in [0.05, 0.1) is 15.5 Å². The standard InChI is InChI=1S/C15H13Cl2N3O3S/c16-14-4-3-13(24-14)10-6-9(7-19-15(10)17)23-12-2-1-5-18-11(12)8-20(21)22/h3-4,6-8,12,18H,1-2,5H2. The van der Waals surface area contributed by atoms with Gasteiger partial charge in [0.25, 0.3) is 6.20 Å². The van der Waals surface area contributed by atoms with Gasteiger partial charge in [0.1, 0.15) is 22.7 Å². The number of nitro groups is 1. The molecule has 1 atom stereocenters. The fourth-order valence-corrected chi connectivity index (χ4v) is 3.77. The molecule has 126 valence electrons. The van der Waals surface area contributed by atoms with Crippen molar-refractivity contribution in [1.82, 2.24) is 10.3 Å². The zero-order chi connectivity index (χ0) is 17.1. The molecule has 24 heavy (non-hydrogen) atoms. The second-order valence-corrected chi connectivity index (χ2v) is 7.23. The fourth-order valence-electron chi connectivity index (χ4n) is 2.44. The number of nitrogens with one attached hydrogen (secondary N) is 1. The molecule has 0 spiro atoms. The molecule has 2 aromatic rings. The molecule has 0 saturated carbocycles. The Bertz CT molecular complexity index is 794. The van der Waals surface area contributed by atoms with Gasteiger partial charge in [0.15, 0.2) is 0 Å². The van der Waals surface area contributed by atoms with E-state index in [1.165, 1.54) is 17.5 Å². The summed E-state index contributed by atoms with van der Waals surface area (Å²) >= 11 is 13.5. The van der Waals surface area contributed by atoms with Crippen LogP contribution >= 0.6 is 34.5 Å². The Labute approximate surface area is 152 Å². The maximum atomic E-state index is 10.7. The zero-order valence-electron chi connectivity index (χ0n) is 12.4. The molecule has 9 heteroatoms. The van der Waals surface area contributed by atoms with Crippen molar-refractivity contribution in [3.63, 3.8) is 0 Å². The van der Waals surface area contributed by atoms with Crippen molar-refractivity contribution < 1.29 is 9.66 Å². The van der Waals surface area contributed by atoms with Crippen LogP contribution in [0.1, 0.15) is 12.8 Å². The van der Waals surface area contributed by atoms with Crippen LogP contribution in [-0.2, 0) is 0 Å². The maximum absolute atomic E-state index is 10.7. The van der Waals surface area contributed by atoms with Crippen molar-refractivity contribution in [2.24, 2.45) is 0 Å². The highest BCUT2D eigenvalue weighted by Crippen LogP contribution is 2.36. The van der Waals surface area contributed by atoms with E-state index in [0.717, 1.165) is 23.1 Å². The number of nitrogens with zero attached hydrogens (tertiary/aromatic N) is 2. The minimum atomic E-state index is -0.483. The number of hydrogen-bond donors (Lipinski definition) is 1. The molecule has 0 amide bonds. The number of halogens is 2. The van der Waals surface area contributed by atoms with E-state index >= 15 is 0 Å². The number of thiophene rings is 1. The Morgan fingerprint density at radius 2 is 2.29 bits per heavy atom. The van der Waals surface area contributed by atoms with Crippen molar-refractivity contribution in [3.8, 4) is 16.2 Å². The van der Waals surface area contributed by atoms with Gasteiger partial charge in [-0.1, -0.05) is 23.2 Å². The van der Waals surface area contributed by atoms with Crippen LogP contribution in [0.25, 0.3) is 10.4 Å². The Hall–Kier alpha value is -1.83. The van der Waals surface area contributed by atoms with E-state index < -0.39 is 11.0 Å². The maximum Gasteiger partial charge on any atom is 0.257 e. The summed E-state index contributed by atoms with van der Waals surface area (Å²) in [6.45, 7) is 0.692. The van der Waals surface area contributed by atoms with Crippen molar-refractivity contribution in [1.29, 1.82) is 0 Å². The van der Waals surface area contributed by atoms with E-state index in [-0.39, 0.29) is 0 Å². The molecule has 2 aromatic heterocycles. The van der Waals surface area contributed by atoms with E-state index in [2.05, 4.69) is 10.3 Å². The first-order valence-electron chi connectivity index (χ1n) is 7.20. The largest absolute Gasteiger partial charge is 0.482 e. The normalized spacial score (nSPS) is 19.1. The molecule has 0 bridgehead atoms. The molecule has 1 unspecified atom stereocenters. The fraction of sp³-hybridized carbons (Fsp3) is 0.267. The topological polar surface area (TPSA) is 77.3 Å². The number of hydrogen-bond acceptors (Lipinski definition) is 6. The second-order valence-electron chi connectivity index (χ2n) is 5.16. The van der Waals surface area contributed by atoms with Crippen LogP contribution in [0.5, 0.6) is 5.75 Å². The molecule has 0 aromatic carbocycles. The monoisotopic (exact) mass is 385 g/mol. The molecule has 0 radical (unpaired) electrons. The van der Waals surface area contributed by atoms with Crippen molar-refractivity contribution in [3.05, 3.63) is 55.9 Å². The zero-order valence-corrected chi connectivity index (χ0v) is 14.7. The quantitative estimate of drug-likeness (QED) is 0.480. The third-order valence-corrected chi connectivity index (χ3v) is 5.06. The highest BCUT2D eigenvalue weighted by atomic mass is 35.5. The van der Waals surface area contributed by atoms with Crippen molar-refractivity contribution in [2.45, 2.75) is 18.9 Å². The molecular formula is C15H13Cl2N3O3S. The molecule has 0 aliphatic carbocycles. The van der Waals surface area contributed by atoms with Gasteiger partial charge in [0, 0.05) is 17.0 Å². The molecule has 1 N–H and O–H groups in total. The summed E-state index contributed by atoms with van der Waals surface area (Å²) in [6, 6.07) is 5.42. The van der Waals surface area contributed by atoms with Crippen LogP contribution < -0.4 is 10.1 Å². The molecular weight excluding hydrogens is 373 g/mol. The number of ether oxygens (including phenoxy) is 1. The lowest BCUT2D eigenvalue weighted by Gasteiger charge is -2.26. The van der Waals surface area contributed by atoms with Crippen LogP contribution in [0.3, 0.4) is 0 Å². The molecule has 1 aliphatic rings. The van der Waals surface area contributed by atoms with E-state index in [9.17, 15) is 10.1 Å². The van der Waals surface area contributed by atoms with Crippen LogP contribution in [0.2, 0.25) is 9.49 Å². The van der Waals surface area contributed by atoms with E-state index in [0.29, 0.717) is 33.9 Å².